The number of H-pyrrole nitrogens is 2. The van der Waals surface area contributed by atoms with E-state index in [9.17, 15) is 36.7 Å². The highest BCUT2D eigenvalue weighted by molar-refractivity contribution is 6.32. The minimum absolute atomic E-state index is 0.00713. The number of hydrogen-bond acceptors (Lipinski definition) is 8. The molecule has 8 fully saturated rings. The zero-order valence-electron chi connectivity index (χ0n) is 36.6. The lowest BCUT2D eigenvalue weighted by Gasteiger charge is -2.33. The first-order valence-electron chi connectivity index (χ1n) is 23.2. The monoisotopic (exact) mass is 944 g/mol. The Hall–Kier alpha value is -5.65. The van der Waals surface area contributed by atoms with E-state index in [1.807, 2.05) is 53.4 Å². The zero-order chi connectivity index (χ0) is 46.4. The number of piperidine rings is 2. The molecule has 6 saturated carbocycles. The predicted octanol–water partition coefficient (Wildman–Crippen LogP) is 8.14. The Morgan fingerprint density at radius 1 is 0.642 bits per heavy atom. The van der Waals surface area contributed by atoms with Crippen LogP contribution in [0.2, 0.25) is 5.15 Å². The van der Waals surface area contributed by atoms with Gasteiger partial charge in [-0.2, -0.15) is 0 Å². The third-order valence-corrected chi connectivity index (χ3v) is 16.9. The van der Waals surface area contributed by atoms with Gasteiger partial charge in [0.1, 0.15) is 34.6 Å². The molecular weight excluding hydrogens is 896 g/mol. The predicted molar refractivity (Wildman–Crippen MR) is 232 cm³/mol. The first-order chi connectivity index (χ1) is 32.1. The topological polar surface area (TPSA) is 175 Å². The second kappa shape index (κ2) is 15.2. The fraction of sp³-hybridized carbons (Fsp3) is 0.542. The number of methoxy groups -OCH3 is 2. The van der Waals surface area contributed by atoms with Gasteiger partial charge in [0, 0.05) is 41.3 Å². The number of fused-ring (bicyclic) bond motifs is 4. The maximum Gasteiger partial charge on any atom is 0.407 e. The van der Waals surface area contributed by atoms with E-state index in [-0.39, 0.29) is 61.5 Å². The van der Waals surface area contributed by atoms with Crippen LogP contribution in [0.3, 0.4) is 0 Å². The van der Waals surface area contributed by atoms with Gasteiger partial charge in [-0.25, -0.2) is 37.1 Å². The average molecular weight is 945 g/mol. The van der Waals surface area contributed by atoms with Crippen LogP contribution in [-0.2, 0) is 19.1 Å². The highest BCUT2D eigenvalue weighted by Gasteiger charge is 2.74. The summed E-state index contributed by atoms with van der Waals surface area (Å²) in [5.74, 6) is -8.09. The summed E-state index contributed by atoms with van der Waals surface area (Å²) in [4.78, 5) is 73.1. The number of halogens is 5. The van der Waals surface area contributed by atoms with Gasteiger partial charge >= 0.3 is 12.2 Å². The molecule has 2 aliphatic heterocycles. The van der Waals surface area contributed by atoms with Crippen LogP contribution in [0.4, 0.5) is 27.2 Å². The smallest absolute Gasteiger partial charge is 0.407 e. The van der Waals surface area contributed by atoms with Gasteiger partial charge in [-0.3, -0.25) is 9.59 Å². The molecule has 12 rings (SSSR count). The van der Waals surface area contributed by atoms with Crippen molar-refractivity contribution in [1.29, 1.82) is 0 Å². The number of ether oxygens (including phenoxy) is 2. The van der Waals surface area contributed by atoms with Gasteiger partial charge in [0.2, 0.25) is 11.8 Å². The minimum atomic E-state index is -2.71. The summed E-state index contributed by atoms with van der Waals surface area (Å²) in [6.45, 7) is 0. The molecule has 0 bridgehead atoms. The lowest BCUT2D eigenvalue weighted by Crippen LogP contribution is -2.53. The fourth-order valence-corrected chi connectivity index (χ4v) is 13.0. The maximum atomic E-state index is 14.3. The fourth-order valence-electron chi connectivity index (χ4n) is 12.8. The van der Waals surface area contributed by atoms with E-state index in [1.54, 1.807) is 11.1 Å². The summed E-state index contributed by atoms with van der Waals surface area (Å²) < 4.78 is 66.1. The highest BCUT2D eigenvalue weighted by atomic mass is 35.5. The van der Waals surface area contributed by atoms with Gasteiger partial charge in [0.05, 0.1) is 38.2 Å². The summed E-state index contributed by atoms with van der Waals surface area (Å²) >= 11 is 6.79. The molecule has 14 nitrogen and oxygen atoms in total. The summed E-state index contributed by atoms with van der Waals surface area (Å²) in [7, 11) is 2.43. The Kier molecular flexibility index (Phi) is 9.67. The number of aromatic amines is 2. The Morgan fingerprint density at radius 2 is 1.07 bits per heavy atom. The molecule has 0 radical (unpaired) electrons. The van der Waals surface area contributed by atoms with Gasteiger partial charge in [0.25, 0.3) is 11.8 Å². The van der Waals surface area contributed by atoms with E-state index >= 15 is 0 Å². The number of likely N-dealkylation sites (tertiary alicyclic amines) is 2. The van der Waals surface area contributed by atoms with Crippen LogP contribution in [0.15, 0.2) is 54.7 Å². The highest BCUT2D eigenvalue weighted by Crippen LogP contribution is 2.67. The second-order valence-electron chi connectivity index (χ2n) is 20.2. The minimum Gasteiger partial charge on any atom is -0.453 e. The maximum absolute atomic E-state index is 14.3. The Morgan fingerprint density at radius 3 is 1.54 bits per heavy atom. The number of nitrogens with one attached hydrogen (secondary N) is 4. The van der Waals surface area contributed by atoms with Crippen LogP contribution in [0.1, 0.15) is 75.1 Å². The molecule has 67 heavy (non-hydrogen) atoms. The normalized spacial score (nSPS) is 33.7. The van der Waals surface area contributed by atoms with E-state index < -0.39 is 77.7 Å². The van der Waals surface area contributed by atoms with Crippen molar-refractivity contribution in [2.75, 3.05) is 14.2 Å². The Bertz CT molecular complexity index is 2650. The summed E-state index contributed by atoms with van der Waals surface area (Å²) in [5, 5.41) is 5.68. The number of alkyl carbamates (subject to hydrolysis) is 2. The molecule has 4 unspecified atom stereocenters. The van der Waals surface area contributed by atoms with Crippen molar-refractivity contribution in [3.8, 4) is 33.6 Å². The van der Waals surface area contributed by atoms with Crippen molar-refractivity contribution in [2.45, 2.75) is 99.5 Å². The van der Waals surface area contributed by atoms with Crippen molar-refractivity contribution in [2.24, 2.45) is 47.3 Å². The largest absolute Gasteiger partial charge is 0.453 e. The van der Waals surface area contributed by atoms with Crippen molar-refractivity contribution in [3.63, 3.8) is 0 Å². The van der Waals surface area contributed by atoms with Gasteiger partial charge in [0.15, 0.2) is 0 Å². The van der Waals surface area contributed by atoms with Gasteiger partial charge in [-0.1, -0.05) is 60.1 Å². The number of aromatic nitrogens is 4. The quantitative estimate of drug-likeness (QED) is 0.109. The Balaban J connectivity index is 0.719. The van der Waals surface area contributed by atoms with Crippen molar-refractivity contribution < 1.29 is 46.2 Å². The van der Waals surface area contributed by atoms with Gasteiger partial charge in [-0.05, 0) is 91.7 Å². The van der Waals surface area contributed by atoms with Crippen molar-refractivity contribution in [1.82, 2.24) is 40.4 Å². The number of carbonyl (C=O) groups excluding carboxylic acids is 4. The molecule has 2 aromatic carbocycles. The molecule has 2 aromatic heterocycles. The molecule has 4 amide bonds. The number of rotatable bonds is 11. The second-order valence-corrected chi connectivity index (χ2v) is 20.6. The van der Waals surface area contributed by atoms with E-state index in [1.165, 1.54) is 14.2 Å². The molecule has 0 spiro atoms. The molecule has 19 heteroatoms. The van der Waals surface area contributed by atoms with Crippen LogP contribution in [0.25, 0.3) is 33.6 Å². The lowest BCUT2D eigenvalue weighted by atomic mass is 9.92. The first kappa shape index (κ1) is 42.7. The van der Waals surface area contributed by atoms with Crippen molar-refractivity contribution >= 4 is 35.6 Å². The van der Waals surface area contributed by atoms with Crippen LogP contribution >= 0.6 is 11.6 Å². The molecule has 8 aliphatic rings. The molecule has 6 aliphatic carbocycles. The average Bonchev–Trinajstić information content (AvgIpc) is 4.03. The summed E-state index contributed by atoms with van der Waals surface area (Å²) in [5.41, 5.74) is 4.86. The molecular formula is C48H49ClF4N8O6. The zero-order valence-corrected chi connectivity index (χ0v) is 37.3. The standard InChI is InChI=1S/C48H49ClF4N8O6/c1-66-45(64)57-38(26-11-28-29(12-26)47(28,50)51)43(62)60-33-15-24(33)17-35(60)41-54-19-32(55-41)22-7-3-20(4-8-22)21-5-9-23(10-6-21)37-40(49)59-42(56-37)36-18-25-16-34(25)61(36)44(63)39(58-46(65)67-2)27-13-30-31(14-27)48(30,52)53/h3-10,19,24-31,33-36,38-39H,11-18H2,1-2H3,(H,54,55)(H,56,59)(H,57,64)(H,58,65)/t24-,25-,26?,27?,28-,29+,30-,31+,33-,34-,35+,36+,38?,39?/m1/s1. The van der Waals surface area contributed by atoms with Crippen LogP contribution in [0.5, 0.6) is 0 Å². The lowest BCUT2D eigenvalue weighted by molar-refractivity contribution is -0.138. The molecule has 14 atom stereocenters. The molecule has 4 N–H and O–H groups in total. The molecule has 352 valence electrons. The third-order valence-electron chi connectivity index (χ3n) is 16.7. The molecule has 4 heterocycles. The van der Waals surface area contributed by atoms with E-state index in [0.717, 1.165) is 40.8 Å². The number of benzene rings is 2. The number of nitrogens with zero attached hydrogens (tertiary/aromatic N) is 4. The number of amides is 4. The number of hydrogen-bond donors (Lipinski definition) is 4. The molecule has 4 aromatic rings. The number of alkyl halides is 4. The van der Waals surface area contributed by atoms with E-state index in [0.29, 0.717) is 41.3 Å². The Labute approximate surface area is 387 Å². The summed E-state index contributed by atoms with van der Waals surface area (Å²) in [6.07, 6.45) is 3.95. The summed E-state index contributed by atoms with van der Waals surface area (Å²) in [6, 6.07) is 13.0. The van der Waals surface area contributed by atoms with Crippen LogP contribution in [0, 0.1) is 47.3 Å². The van der Waals surface area contributed by atoms with Crippen LogP contribution in [-0.4, -0.2) is 104 Å². The third kappa shape index (κ3) is 7.00. The van der Waals surface area contributed by atoms with Crippen molar-refractivity contribution in [3.05, 3.63) is 71.5 Å². The van der Waals surface area contributed by atoms with E-state index in [2.05, 4.69) is 20.6 Å². The van der Waals surface area contributed by atoms with Gasteiger partial charge in [-0.15, -0.1) is 0 Å². The van der Waals surface area contributed by atoms with Crippen LogP contribution < -0.4 is 10.6 Å². The number of carbonyl (C=O) groups is 4. The number of imidazole rings is 2. The molecule has 2 saturated heterocycles. The SMILES string of the molecule is COC(=O)NC(C(=O)N1[C@@H]2C[C@@H]2C[C@H]1c1ncc(-c2ccc(-c3ccc(-c4nc([C@@H]5C[C@H]6C[C@H]6N5C(=O)C(NC(=O)OC)C5C[C@@H]6[C@H](C5)C6(F)F)[nH]c4Cl)cc3)cc2)[nH]1)C1C[C@@H]2[C@H](C1)C2(F)F. The first-order valence-corrected chi connectivity index (χ1v) is 23.6. The van der Waals surface area contributed by atoms with E-state index in [4.69, 9.17) is 31.0 Å². The van der Waals surface area contributed by atoms with Gasteiger partial charge < -0.3 is 39.9 Å².